The Balaban J connectivity index is 1.93. The van der Waals surface area contributed by atoms with Crippen LogP contribution in [-0.2, 0) is 9.59 Å². The number of imide groups is 2. The second kappa shape index (κ2) is 8.78. The van der Waals surface area contributed by atoms with Gasteiger partial charge in [-0.15, -0.1) is 0 Å². The van der Waals surface area contributed by atoms with Crippen molar-refractivity contribution in [1.29, 1.82) is 0 Å². The molecule has 1 heterocycles. The zero-order valence-electron chi connectivity index (χ0n) is 17.0. The smallest absolute Gasteiger partial charge is 0.346 e. The van der Waals surface area contributed by atoms with Gasteiger partial charge in [0.2, 0.25) is 0 Å². The van der Waals surface area contributed by atoms with Crippen molar-refractivity contribution >= 4 is 29.9 Å². The summed E-state index contributed by atoms with van der Waals surface area (Å²) in [7, 11) is 2.55. The molecule has 2 aromatic carbocycles. The molecular weight excluding hydrogens is 407 g/mol. The van der Waals surface area contributed by atoms with E-state index in [0.29, 0.717) is 5.56 Å². The Morgan fingerprint density at radius 3 is 2.26 bits per heavy atom. The molecule has 0 unspecified atom stereocenters. The third kappa shape index (κ3) is 4.30. The number of urea groups is 1. The van der Waals surface area contributed by atoms with Gasteiger partial charge in [0, 0.05) is 14.1 Å². The lowest BCUT2D eigenvalue weighted by Crippen LogP contribution is -2.52. The van der Waals surface area contributed by atoms with Gasteiger partial charge in [0.05, 0.1) is 12.2 Å². The number of benzene rings is 2. The number of carbonyl (C=O) groups excluding carboxylic acids is 4. The highest BCUT2D eigenvalue weighted by molar-refractivity contribution is 6.30. The molecule has 31 heavy (non-hydrogen) atoms. The molecule has 160 valence electrons. The summed E-state index contributed by atoms with van der Waals surface area (Å²) in [4.78, 5) is 50.6. The minimum atomic E-state index is -0.899. The van der Waals surface area contributed by atoms with Gasteiger partial charge in [-0.1, -0.05) is 18.2 Å². The second-order valence-corrected chi connectivity index (χ2v) is 6.58. The van der Waals surface area contributed by atoms with Crippen molar-refractivity contribution in [1.82, 2.24) is 9.80 Å². The van der Waals surface area contributed by atoms with Crippen LogP contribution in [0, 0.1) is 5.82 Å². The lowest BCUT2D eigenvalue weighted by atomic mass is 10.1. The molecule has 1 aliphatic rings. The highest BCUT2D eigenvalue weighted by Gasteiger charge is 2.37. The minimum Gasteiger partial charge on any atom is -0.490 e. The van der Waals surface area contributed by atoms with Gasteiger partial charge in [-0.05, 0) is 42.8 Å². The lowest BCUT2D eigenvalue weighted by Gasteiger charge is -2.28. The SMILES string of the molecule is CCOc1cc(C=C2C(=O)N(C)C(=O)N(C)C2=O)ccc1OC(=O)c1ccccc1F. The van der Waals surface area contributed by atoms with E-state index in [-0.39, 0.29) is 29.2 Å². The standard InChI is InChI=1S/C22H19FN2O6/c1-4-30-18-12-13(11-15-19(26)24(2)22(29)25(3)20(15)27)9-10-17(18)31-21(28)14-7-5-6-8-16(14)23/h5-12H,4H2,1-3H3. The summed E-state index contributed by atoms with van der Waals surface area (Å²) in [5.74, 6) is -2.88. The van der Waals surface area contributed by atoms with E-state index in [1.54, 1.807) is 6.92 Å². The molecule has 0 aromatic heterocycles. The molecule has 0 atom stereocenters. The third-order valence-electron chi connectivity index (χ3n) is 4.52. The number of hydrogen-bond donors (Lipinski definition) is 0. The summed E-state index contributed by atoms with van der Waals surface area (Å²) in [6.45, 7) is 1.96. The molecule has 4 amide bonds. The average molecular weight is 426 g/mol. The minimum absolute atomic E-state index is 0.0444. The maximum absolute atomic E-state index is 13.8. The number of barbiturate groups is 1. The van der Waals surface area contributed by atoms with E-state index in [0.717, 1.165) is 15.9 Å². The van der Waals surface area contributed by atoms with Crippen molar-refractivity contribution < 1.29 is 33.0 Å². The van der Waals surface area contributed by atoms with E-state index in [1.807, 2.05) is 0 Å². The number of likely N-dealkylation sites (N-methyl/N-ethyl adjacent to an activating group) is 2. The Morgan fingerprint density at radius 1 is 1.00 bits per heavy atom. The van der Waals surface area contributed by atoms with Gasteiger partial charge in [0.15, 0.2) is 11.5 Å². The maximum atomic E-state index is 13.8. The summed E-state index contributed by atoms with van der Waals surface area (Å²) in [5.41, 5.74) is -0.0320. The van der Waals surface area contributed by atoms with Crippen LogP contribution in [0.15, 0.2) is 48.0 Å². The van der Waals surface area contributed by atoms with Crippen LogP contribution in [0.25, 0.3) is 6.08 Å². The number of ether oxygens (including phenoxy) is 2. The van der Waals surface area contributed by atoms with E-state index >= 15 is 0 Å². The maximum Gasteiger partial charge on any atom is 0.346 e. The molecule has 3 rings (SSSR count). The van der Waals surface area contributed by atoms with Crippen LogP contribution in [0.5, 0.6) is 11.5 Å². The molecule has 0 radical (unpaired) electrons. The number of amides is 4. The predicted molar refractivity (Wildman–Crippen MR) is 108 cm³/mol. The summed E-state index contributed by atoms with van der Waals surface area (Å²) >= 11 is 0. The number of halogens is 1. The monoisotopic (exact) mass is 426 g/mol. The number of esters is 1. The van der Waals surface area contributed by atoms with Gasteiger partial charge >= 0.3 is 12.0 Å². The zero-order valence-corrected chi connectivity index (χ0v) is 17.0. The summed E-state index contributed by atoms with van der Waals surface area (Å²) < 4.78 is 24.6. The van der Waals surface area contributed by atoms with Crippen LogP contribution < -0.4 is 9.47 Å². The fourth-order valence-corrected chi connectivity index (χ4v) is 2.89. The molecule has 8 nitrogen and oxygen atoms in total. The average Bonchev–Trinajstić information content (AvgIpc) is 2.76. The summed E-state index contributed by atoms with van der Waals surface area (Å²) in [6, 6.07) is 9.06. The number of rotatable bonds is 5. The lowest BCUT2D eigenvalue weighted by molar-refractivity contribution is -0.134. The molecule has 0 bridgehead atoms. The van der Waals surface area contributed by atoms with E-state index < -0.39 is 29.6 Å². The van der Waals surface area contributed by atoms with Gasteiger partial charge in [-0.3, -0.25) is 19.4 Å². The van der Waals surface area contributed by atoms with Gasteiger partial charge in [0.25, 0.3) is 11.8 Å². The quantitative estimate of drug-likeness (QED) is 0.316. The molecule has 9 heteroatoms. The van der Waals surface area contributed by atoms with Crippen LogP contribution in [-0.4, -0.2) is 54.3 Å². The van der Waals surface area contributed by atoms with Crippen molar-refractivity contribution in [2.24, 2.45) is 0 Å². The van der Waals surface area contributed by atoms with Crippen LogP contribution in [0.2, 0.25) is 0 Å². The van der Waals surface area contributed by atoms with Crippen molar-refractivity contribution in [2.45, 2.75) is 6.92 Å². The molecule has 0 N–H and O–H groups in total. The van der Waals surface area contributed by atoms with E-state index in [2.05, 4.69) is 0 Å². The van der Waals surface area contributed by atoms with Gasteiger partial charge in [-0.2, -0.15) is 0 Å². The van der Waals surface area contributed by atoms with Crippen LogP contribution in [0.4, 0.5) is 9.18 Å². The third-order valence-corrected chi connectivity index (χ3v) is 4.52. The van der Waals surface area contributed by atoms with E-state index in [4.69, 9.17) is 9.47 Å². The molecule has 1 aliphatic heterocycles. The van der Waals surface area contributed by atoms with Crippen LogP contribution >= 0.6 is 0 Å². The fourth-order valence-electron chi connectivity index (χ4n) is 2.89. The Kier molecular flexibility index (Phi) is 6.15. The Hall–Kier alpha value is -4.01. The molecule has 0 saturated carbocycles. The molecule has 0 spiro atoms. The molecule has 1 saturated heterocycles. The first-order chi connectivity index (χ1) is 14.7. The summed E-state index contributed by atoms with van der Waals surface area (Å²) in [6.07, 6.45) is 1.31. The highest BCUT2D eigenvalue weighted by Crippen LogP contribution is 2.31. The zero-order chi connectivity index (χ0) is 22.7. The molecule has 2 aromatic rings. The van der Waals surface area contributed by atoms with Crippen molar-refractivity contribution in [2.75, 3.05) is 20.7 Å². The fraction of sp³-hybridized carbons (Fsp3) is 0.182. The number of nitrogens with zero attached hydrogens (tertiary/aromatic N) is 2. The van der Waals surface area contributed by atoms with Crippen molar-refractivity contribution in [3.05, 3.63) is 65.0 Å². The highest BCUT2D eigenvalue weighted by atomic mass is 19.1. The Labute approximate surface area is 177 Å². The largest absolute Gasteiger partial charge is 0.490 e. The van der Waals surface area contributed by atoms with Gasteiger partial charge in [-0.25, -0.2) is 14.0 Å². The first-order valence-corrected chi connectivity index (χ1v) is 9.30. The summed E-state index contributed by atoms with van der Waals surface area (Å²) in [5, 5.41) is 0. The molecular formula is C22H19FN2O6. The van der Waals surface area contributed by atoms with Crippen LogP contribution in [0.3, 0.4) is 0 Å². The van der Waals surface area contributed by atoms with E-state index in [9.17, 15) is 23.6 Å². The number of carbonyl (C=O) groups is 4. The Bertz CT molecular complexity index is 1080. The second-order valence-electron chi connectivity index (χ2n) is 6.58. The van der Waals surface area contributed by atoms with Gasteiger partial charge < -0.3 is 9.47 Å². The normalized spacial score (nSPS) is 14.1. The van der Waals surface area contributed by atoms with Gasteiger partial charge in [0.1, 0.15) is 11.4 Å². The first-order valence-electron chi connectivity index (χ1n) is 9.30. The first kappa shape index (κ1) is 21.7. The topological polar surface area (TPSA) is 93.2 Å². The van der Waals surface area contributed by atoms with Crippen molar-refractivity contribution in [3.63, 3.8) is 0 Å². The molecule has 1 fully saturated rings. The molecule has 0 aliphatic carbocycles. The van der Waals surface area contributed by atoms with E-state index in [1.165, 1.54) is 56.6 Å². The predicted octanol–water partition coefficient (Wildman–Crippen LogP) is 2.88. The van der Waals surface area contributed by atoms with Crippen molar-refractivity contribution in [3.8, 4) is 11.5 Å². The van der Waals surface area contributed by atoms with Crippen LogP contribution in [0.1, 0.15) is 22.8 Å². The number of hydrogen-bond acceptors (Lipinski definition) is 6. The Morgan fingerprint density at radius 2 is 1.65 bits per heavy atom.